The Bertz CT molecular complexity index is 471. The minimum Gasteiger partial charge on any atom is -0.381 e. The highest BCUT2D eigenvalue weighted by molar-refractivity contribution is 7.89. The van der Waals surface area contributed by atoms with Crippen molar-refractivity contribution in [2.45, 2.75) is 32.6 Å². The van der Waals surface area contributed by atoms with Crippen LogP contribution in [0.2, 0.25) is 0 Å². The van der Waals surface area contributed by atoms with Gasteiger partial charge in [0.25, 0.3) is 0 Å². The molecule has 1 aromatic carbocycles. The third-order valence-electron chi connectivity index (χ3n) is 3.09. The van der Waals surface area contributed by atoms with Gasteiger partial charge in [0.05, 0.1) is 12.4 Å². The second-order valence-electron chi connectivity index (χ2n) is 5.55. The summed E-state index contributed by atoms with van der Waals surface area (Å²) in [5.74, 6) is 0.375. The van der Waals surface area contributed by atoms with Crippen molar-refractivity contribution in [1.29, 1.82) is 0 Å². The summed E-state index contributed by atoms with van der Waals surface area (Å²) in [5, 5.41) is 5.16. The molecule has 0 heterocycles. The van der Waals surface area contributed by atoms with Crippen LogP contribution < -0.4 is 5.14 Å². The molecule has 0 bridgehead atoms. The molecule has 1 rings (SSSR count). The van der Waals surface area contributed by atoms with E-state index in [1.165, 1.54) is 0 Å². The molecule has 0 saturated heterocycles. The Morgan fingerprint density at radius 1 is 1.20 bits per heavy atom. The first kappa shape index (κ1) is 17.1. The van der Waals surface area contributed by atoms with E-state index in [9.17, 15) is 8.42 Å². The molecule has 0 aliphatic heterocycles. The van der Waals surface area contributed by atoms with Crippen LogP contribution in [0.4, 0.5) is 0 Å². The average molecular weight is 299 g/mol. The van der Waals surface area contributed by atoms with Crippen molar-refractivity contribution in [2.24, 2.45) is 11.1 Å². The van der Waals surface area contributed by atoms with Gasteiger partial charge in [0, 0.05) is 12.5 Å². The van der Waals surface area contributed by atoms with E-state index in [2.05, 4.69) is 13.8 Å². The molecule has 20 heavy (non-hydrogen) atoms. The van der Waals surface area contributed by atoms with E-state index in [0.29, 0.717) is 19.1 Å². The van der Waals surface area contributed by atoms with Gasteiger partial charge < -0.3 is 4.74 Å². The highest BCUT2D eigenvalue weighted by Crippen LogP contribution is 2.17. The fourth-order valence-corrected chi connectivity index (χ4v) is 2.91. The van der Waals surface area contributed by atoms with Gasteiger partial charge in [-0.15, -0.1) is 0 Å². The lowest BCUT2D eigenvalue weighted by atomic mass is 10.0. The number of sulfonamides is 1. The Kier molecular flexibility index (Phi) is 7.19. The summed E-state index contributed by atoms with van der Waals surface area (Å²) in [5.41, 5.74) is 0.949. The largest absolute Gasteiger partial charge is 0.381 e. The van der Waals surface area contributed by atoms with Crippen LogP contribution in [0.25, 0.3) is 0 Å². The minimum atomic E-state index is -3.51. The van der Waals surface area contributed by atoms with Crippen molar-refractivity contribution in [1.82, 2.24) is 0 Å². The predicted octanol–water partition coefficient (Wildman–Crippen LogP) is 2.51. The van der Waals surface area contributed by atoms with Crippen molar-refractivity contribution in [3.05, 3.63) is 35.9 Å². The van der Waals surface area contributed by atoms with Crippen LogP contribution in [0.3, 0.4) is 0 Å². The molecule has 114 valence electrons. The van der Waals surface area contributed by atoms with E-state index in [1.54, 1.807) is 0 Å². The standard InChI is InChI=1S/C15H25NO3S/c1-13(2)7-6-10-19-11-15(12-20(16,17)18)14-8-4-3-5-9-14/h3-5,8-9,13,15H,6-7,10-12H2,1-2H3,(H2,16,17,18). The van der Waals surface area contributed by atoms with Gasteiger partial charge in [0.15, 0.2) is 0 Å². The number of hydrogen-bond acceptors (Lipinski definition) is 3. The zero-order chi connectivity index (χ0) is 15.0. The smallest absolute Gasteiger partial charge is 0.209 e. The summed E-state index contributed by atoms with van der Waals surface area (Å²) in [6.45, 7) is 5.40. The van der Waals surface area contributed by atoms with Crippen LogP contribution in [0, 0.1) is 5.92 Å². The molecule has 2 N–H and O–H groups in total. The van der Waals surface area contributed by atoms with E-state index in [0.717, 1.165) is 18.4 Å². The third kappa shape index (κ3) is 7.62. The van der Waals surface area contributed by atoms with Crippen molar-refractivity contribution < 1.29 is 13.2 Å². The molecule has 0 aromatic heterocycles. The first-order valence-electron chi connectivity index (χ1n) is 7.01. The monoisotopic (exact) mass is 299 g/mol. The van der Waals surface area contributed by atoms with Gasteiger partial charge in [-0.2, -0.15) is 0 Å². The normalized spacial score (nSPS) is 13.6. The van der Waals surface area contributed by atoms with E-state index in [4.69, 9.17) is 9.88 Å². The molecule has 0 radical (unpaired) electrons. The first-order valence-corrected chi connectivity index (χ1v) is 8.73. The second kappa shape index (κ2) is 8.39. The Balaban J connectivity index is 2.52. The average Bonchev–Trinajstić information content (AvgIpc) is 2.36. The molecule has 1 aromatic rings. The van der Waals surface area contributed by atoms with Crippen molar-refractivity contribution in [2.75, 3.05) is 19.0 Å². The summed E-state index contributed by atoms with van der Waals surface area (Å²) in [4.78, 5) is 0. The topological polar surface area (TPSA) is 69.4 Å². The number of ether oxygens (including phenoxy) is 1. The Labute approximate surface area is 122 Å². The maximum absolute atomic E-state index is 11.3. The van der Waals surface area contributed by atoms with Gasteiger partial charge in [0.2, 0.25) is 10.0 Å². The summed E-state index contributed by atoms with van der Waals surface area (Å²) in [6.07, 6.45) is 2.11. The van der Waals surface area contributed by atoms with Gasteiger partial charge in [-0.05, 0) is 24.3 Å². The predicted molar refractivity (Wildman–Crippen MR) is 82.0 cm³/mol. The first-order chi connectivity index (χ1) is 9.38. The fraction of sp³-hybridized carbons (Fsp3) is 0.600. The molecule has 0 aliphatic rings. The summed E-state index contributed by atoms with van der Waals surface area (Å²) < 4.78 is 28.3. The molecule has 1 unspecified atom stereocenters. The summed E-state index contributed by atoms with van der Waals surface area (Å²) in [7, 11) is -3.51. The fourth-order valence-electron chi connectivity index (χ4n) is 2.07. The zero-order valence-electron chi connectivity index (χ0n) is 12.3. The van der Waals surface area contributed by atoms with Crippen LogP contribution in [0.1, 0.15) is 38.2 Å². The number of hydrogen-bond donors (Lipinski definition) is 1. The van der Waals surface area contributed by atoms with Crippen LogP contribution in [0.15, 0.2) is 30.3 Å². The lowest BCUT2D eigenvalue weighted by Gasteiger charge is -2.16. The third-order valence-corrected chi connectivity index (χ3v) is 3.96. The number of benzene rings is 1. The molecule has 0 amide bonds. The maximum atomic E-state index is 11.3. The Morgan fingerprint density at radius 2 is 1.85 bits per heavy atom. The molecule has 0 aliphatic carbocycles. The van der Waals surface area contributed by atoms with E-state index >= 15 is 0 Å². The van der Waals surface area contributed by atoms with Gasteiger partial charge in [0.1, 0.15) is 0 Å². The van der Waals surface area contributed by atoms with E-state index in [1.807, 2.05) is 30.3 Å². The molecule has 1 atom stereocenters. The van der Waals surface area contributed by atoms with Crippen molar-refractivity contribution in [3.63, 3.8) is 0 Å². The van der Waals surface area contributed by atoms with Crippen LogP contribution in [-0.2, 0) is 14.8 Å². The highest BCUT2D eigenvalue weighted by atomic mass is 32.2. The van der Waals surface area contributed by atoms with Crippen LogP contribution in [0.5, 0.6) is 0 Å². The van der Waals surface area contributed by atoms with Crippen molar-refractivity contribution in [3.8, 4) is 0 Å². The Hall–Kier alpha value is -0.910. The molecule has 0 fully saturated rings. The van der Waals surface area contributed by atoms with E-state index in [-0.39, 0.29) is 11.7 Å². The number of nitrogens with two attached hydrogens (primary N) is 1. The van der Waals surface area contributed by atoms with E-state index < -0.39 is 10.0 Å². The maximum Gasteiger partial charge on any atom is 0.209 e. The molecule has 0 saturated carbocycles. The minimum absolute atomic E-state index is 0.0821. The SMILES string of the molecule is CC(C)CCCOCC(CS(N)(=O)=O)c1ccccc1. The lowest BCUT2D eigenvalue weighted by Crippen LogP contribution is -2.25. The van der Waals surface area contributed by atoms with Gasteiger partial charge in [-0.25, -0.2) is 13.6 Å². The summed E-state index contributed by atoms with van der Waals surface area (Å²) in [6, 6.07) is 9.51. The van der Waals surface area contributed by atoms with Crippen molar-refractivity contribution >= 4 is 10.0 Å². The van der Waals surface area contributed by atoms with Gasteiger partial charge in [-0.3, -0.25) is 0 Å². The number of rotatable bonds is 9. The molecular weight excluding hydrogens is 274 g/mol. The molecule has 0 spiro atoms. The van der Waals surface area contributed by atoms with Crippen LogP contribution >= 0.6 is 0 Å². The quantitative estimate of drug-likeness (QED) is 0.712. The molecule has 5 heteroatoms. The summed E-state index contributed by atoms with van der Waals surface area (Å²) >= 11 is 0. The van der Waals surface area contributed by atoms with Gasteiger partial charge >= 0.3 is 0 Å². The Morgan fingerprint density at radius 3 is 2.40 bits per heavy atom. The van der Waals surface area contributed by atoms with Crippen LogP contribution in [-0.4, -0.2) is 27.4 Å². The molecular formula is C15H25NO3S. The van der Waals surface area contributed by atoms with Gasteiger partial charge in [-0.1, -0.05) is 44.2 Å². The lowest BCUT2D eigenvalue weighted by molar-refractivity contribution is 0.118. The number of primary sulfonamides is 1. The molecule has 4 nitrogen and oxygen atoms in total. The zero-order valence-corrected chi connectivity index (χ0v) is 13.1. The second-order valence-corrected chi connectivity index (χ2v) is 7.21. The highest BCUT2D eigenvalue weighted by Gasteiger charge is 2.18.